The number of benzene rings is 2. The summed E-state index contributed by atoms with van der Waals surface area (Å²) < 4.78 is 0. The van der Waals surface area contributed by atoms with Gasteiger partial charge in [-0.1, -0.05) is 47.5 Å². The molecule has 0 fully saturated rings. The van der Waals surface area contributed by atoms with Crippen molar-refractivity contribution in [2.45, 2.75) is 47.2 Å². The minimum atomic E-state index is 0.371. The van der Waals surface area contributed by atoms with Crippen LogP contribution in [0, 0.1) is 27.7 Å². The zero-order valence-electron chi connectivity index (χ0n) is 13.2. The van der Waals surface area contributed by atoms with Gasteiger partial charge in [-0.05, 0) is 56.9 Å². The highest BCUT2D eigenvalue weighted by Gasteiger charge is 2.08. The molecule has 0 aromatic heterocycles. The lowest BCUT2D eigenvalue weighted by Crippen LogP contribution is -2.19. The second-order valence-electron chi connectivity index (χ2n) is 5.89. The van der Waals surface area contributed by atoms with Crippen molar-refractivity contribution in [1.29, 1.82) is 0 Å². The highest BCUT2D eigenvalue weighted by atomic mass is 14.9. The Morgan fingerprint density at radius 3 is 2.20 bits per heavy atom. The zero-order chi connectivity index (χ0) is 14.7. The maximum atomic E-state index is 3.64. The Bertz CT molecular complexity index is 599. The van der Waals surface area contributed by atoms with Crippen molar-refractivity contribution < 1.29 is 0 Å². The molecule has 1 heteroatoms. The molecule has 0 aliphatic carbocycles. The van der Waals surface area contributed by atoms with Crippen LogP contribution in [0.5, 0.6) is 0 Å². The summed E-state index contributed by atoms with van der Waals surface area (Å²) in [5, 5.41) is 3.64. The molecule has 0 amide bonds. The lowest BCUT2D eigenvalue weighted by molar-refractivity contribution is 0.570. The molecule has 0 heterocycles. The average Bonchev–Trinajstić information content (AvgIpc) is 2.39. The molecule has 0 saturated carbocycles. The number of aryl methyl sites for hydroxylation is 4. The molecular formula is C19H25N. The summed E-state index contributed by atoms with van der Waals surface area (Å²) in [5.74, 6) is 0. The molecule has 0 saturated heterocycles. The Morgan fingerprint density at radius 2 is 1.50 bits per heavy atom. The summed E-state index contributed by atoms with van der Waals surface area (Å²) in [5.41, 5.74) is 8.16. The summed E-state index contributed by atoms with van der Waals surface area (Å²) in [4.78, 5) is 0. The molecule has 1 unspecified atom stereocenters. The first-order valence-corrected chi connectivity index (χ1v) is 7.34. The van der Waals surface area contributed by atoms with Crippen LogP contribution in [-0.4, -0.2) is 0 Å². The molecule has 0 bridgehead atoms. The van der Waals surface area contributed by atoms with E-state index < -0.39 is 0 Å². The zero-order valence-corrected chi connectivity index (χ0v) is 13.2. The minimum Gasteiger partial charge on any atom is -0.306 e. The van der Waals surface area contributed by atoms with Crippen LogP contribution in [0.1, 0.15) is 46.3 Å². The molecule has 0 aliphatic rings. The molecule has 0 aliphatic heterocycles. The van der Waals surface area contributed by atoms with Gasteiger partial charge < -0.3 is 5.32 Å². The Labute approximate surface area is 123 Å². The average molecular weight is 267 g/mol. The van der Waals surface area contributed by atoms with E-state index in [1.165, 1.54) is 33.4 Å². The molecule has 106 valence electrons. The van der Waals surface area contributed by atoms with E-state index in [2.05, 4.69) is 76.3 Å². The van der Waals surface area contributed by atoms with Gasteiger partial charge in [-0.15, -0.1) is 0 Å². The van der Waals surface area contributed by atoms with E-state index in [9.17, 15) is 0 Å². The van der Waals surface area contributed by atoms with Crippen LogP contribution < -0.4 is 5.32 Å². The lowest BCUT2D eigenvalue weighted by atomic mass is 9.99. The summed E-state index contributed by atoms with van der Waals surface area (Å²) in [6.07, 6.45) is 0. The standard InChI is InChI=1S/C19H25N/c1-13-7-9-19(16(4)10-13)17(5)20-12-18-11-14(2)6-8-15(18)3/h6-11,17,20H,12H2,1-5H3. The molecular weight excluding hydrogens is 242 g/mol. The summed E-state index contributed by atoms with van der Waals surface area (Å²) >= 11 is 0. The van der Waals surface area contributed by atoms with Crippen molar-refractivity contribution in [3.63, 3.8) is 0 Å². The third-order valence-corrected chi connectivity index (χ3v) is 4.00. The van der Waals surface area contributed by atoms with Gasteiger partial charge in [0.25, 0.3) is 0 Å². The summed E-state index contributed by atoms with van der Waals surface area (Å²) in [6, 6.07) is 13.7. The van der Waals surface area contributed by atoms with Gasteiger partial charge in [0, 0.05) is 12.6 Å². The largest absolute Gasteiger partial charge is 0.306 e. The van der Waals surface area contributed by atoms with Gasteiger partial charge in [-0.2, -0.15) is 0 Å². The first-order chi connectivity index (χ1) is 9.47. The minimum absolute atomic E-state index is 0.371. The topological polar surface area (TPSA) is 12.0 Å². The first kappa shape index (κ1) is 14.8. The van der Waals surface area contributed by atoms with Crippen molar-refractivity contribution in [2.24, 2.45) is 0 Å². The molecule has 1 nitrogen and oxygen atoms in total. The molecule has 20 heavy (non-hydrogen) atoms. The van der Waals surface area contributed by atoms with E-state index in [1.54, 1.807) is 0 Å². The van der Waals surface area contributed by atoms with Gasteiger partial charge in [0.1, 0.15) is 0 Å². The SMILES string of the molecule is Cc1ccc(C(C)NCc2cc(C)ccc2C)c(C)c1. The van der Waals surface area contributed by atoms with Gasteiger partial charge in [0.05, 0.1) is 0 Å². The van der Waals surface area contributed by atoms with Crippen molar-refractivity contribution in [1.82, 2.24) is 5.32 Å². The van der Waals surface area contributed by atoms with Gasteiger partial charge in [-0.25, -0.2) is 0 Å². The molecule has 2 rings (SSSR count). The van der Waals surface area contributed by atoms with Crippen LogP contribution in [0.15, 0.2) is 36.4 Å². The fraction of sp³-hybridized carbons (Fsp3) is 0.368. The second kappa shape index (κ2) is 6.23. The van der Waals surface area contributed by atoms with E-state index in [0.717, 1.165) is 6.54 Å². The van der Waals surface area contributed by atoms with E-state index >= 15 is 0 Å². The predicted molar refractivity (Wildman–Crippen MR) is 87.1 cm³/mol. The van der Waals surface area contributed by atoms with Crippen LogP contribution in [0.4, 0.5) is 0 Å². The second-order valence-corrected chi connectivity index (χ2v) is 5.89. The van der Waals surface area contributed by atoms with E-state index in [-0.39, 0.29) is 0 Å². The number of rotatable bonds is 4. The lowest BCUT2D eigenvalue weighted by Gasteiger charge is -2.18. The quantitative estimate of drug-likeness (QED) is 0.841. The Morgan fingerprint density at radius 1 is 0.850 bits per heavy atom. The highest BCUT2D eigenvalue weighted by Crippen LogP contribution is 2.19. The molecule has 2 aromatic rings. The Kier molecular flexibility index (Phi) is 4.61. The molecule has 0 radical (unpaired) electrons. The third kappa shape index (κ3) is 3.49. The summed E-state index contributed by atoms with van der Waals surface area (Å²) in [6.45, 7) is 11.8. The van der Waals surface area contributed by atoms with Gasteiger partial charge in [-0.3, -0.25) is 0 Å². The number of hydrogen-bond acceptors (Lipinski definition) is 1. The van der Waals surface area contributed by atoms with Crippen LogP contribution in [0.2, 0.25) is 0 Å². The molecule has 1 atom stereocenters. The number of hydrogen-bond donors (Lipinski definition) is 1. The number of nitrogens with one attached hydrogen (secondary N) is 1. The monoisotopic (exact) mass is 267 g/mol. The van der Waals surface area contributed by atoms with Crippen molar-refractivity contribution in [2.75, 3.05) is 0 Å². The van der Waals surface area contributed by atoms with Gasteiger partial charge >= 0.3 is 0 Å². The van der Waals surface area contributed by atoms with Gasteiger partial charge in [0.2, 0.25) is 0 Å². The summed E-state index contributed by atoms with van der Waals surface area (Å²) in [7, 11) is 0. The first-order valence-electron chi connectivity index (χ1n) is 7.34. The van der Waals surface area contributed by atoms with Crippen LogP contribution >= 0.6 is 0 Å². The molecule has 0 spiro atoms. The smallest absolute Gasteiger partial charge is 0.0297 e. The normalized spacial score (nSPS) is 12.4. The van der Waals surface area contributed by atoms with Crippen LogP contribution in [0.25, 0.3) is 0 Å². The Hall–Kier alpha value is -1.60. The predicted octanol–water partition coefficient (Wildman–Crippen LogP) is 4.77. The van der Waals surface area contributed by atoms with E-state index in [1.807, 2.05) is 0 Å². The van der Waals surface area contributed by atoms with Crippen molar-refractivity contribution >= 4 is 0 Å². The van der Waals surface area contributed by atoms with Crippen molar-refractivity contribution in [3.05, 3.63) is 69.8 Å². The van der Waals surface area contributed by atoms with Crippen LogP contribution in [0.3, 0.4) is 0 Å². The Balaban J connectivity index is 2.08. The molecule has 2 aromatic carbocycles. The fourth-order valence-corrected chi connectivity index (χ4v) is 2.68. The van der Waals surface area contributed by atoms with Crippen LogP contribution in [-0.2, 0) is 6.54 Å². The van der Waals surface area contributed by atoms with Crippen molar-refractivity contribution in [3.8, 4) is 0 Å². The highest BCUT2D eigenvalue weighted by molar-refractivity contribution is 5.33. The fourth-order valence-electron chi connectivity index (χ4n) is 2.68. The van der Waals surface area contributed by atoms with E-state index in [4.69, 9.17) is 0 Å². The maximum Gasteiger partial charge on any atom is 0.0297 e. The maximum absolute atomic E-state index is 3.64. The third-order valence-electron chi connectivity index (χ3n) is 4.00. The van der Waals surface area contributed by atoms with E-state index in [0.29, 0.717) is 6.04 Å². The van der Waals surface area contributed by atoms with Gasteiger partial charge in [0.15, 0.2) is 0 Å². The molecule has 1 N–H and O–H groups in total.